The number of benzene rings is 2. The monoisotopic (exact) mass is 353 g/mol. The predicted octanol–water partition coefficient (Wildman–Crippen LogP) is 1.95. The van der Waals surface area contributed by atoms with Gasteiger partial charge >= 0.3 is 7.12 Å². The molecule has 2 rings (SSSR count). The van der Waals surface area contributed by atoms with Gasteiger partial charge in [0, 0.05) is 18.4 Å². The molecule has 2 aromatic rings. The van der Waals surface area contributed by atoms with Crippen LogP contribution in [-0.4, -0.2) is 34.8 Å². The molecule has 3 N–H and O–H groups in total. The Morgan fingerprint density at radius 3 is 2.35 bits per heavy atom. The van der Waals surface area contributed by atoms with Gasteiger partial charge in [-0.25, -0.2) is 0 Å². The van der Waals surface area contributed by atoms with Crippen molar-refractivity contribution in [2.75, 3.05) is 0 Å². The number of carbonyl (C=O) groups excluding carboxylic acids is 2. The number of nitrogens with one attached hydrogen (secondary N) is 1. The second kappa shape index (κ2) is 9.90. The highest BCUT2D eigenvalue weighted by Gasteiger charge is 2.25. The first-order valence-corrected chi connectivity index (χ1v) is 8.81. The molecular formula is C20H24BNO4. The van der Waals surface area contributed by atoms with Gasteiger partial charge in [-0.15, -0.1) is 0 Å². The van der Waals surface area contributed by atoms with Crippen molar-refractivity contribution >= 4 is 18.8 Å². The topological polar surface area (TPSA) is 86.6 Å². The SMILES string of the molecule is CCc1cccc(C[C@H](NC(=O)CCC(=O)c2ccccc2)B(O)O)c1. The quantitative estimate of drug-likeness (QED) is 0.475. The normalized spacial score (nSPS) is 11.7. The van der Waals surface area contributed by atoms with Gasteiger partial charge in [0.15, 0.2) is 5.78 Å². The largest absolute Gasteiger partial charge is 0.475 e. The minimum atomic E-state index is -1.67. The van der Waals surface area contributed by atoms with Crippen LogP contribution in [-0.2, 0) is 17.6 Å². The molecule has 0 unspecified atom stereocenters. The predicted molar refractivity (Wildman–Crippen MR) is 102 cm³/mol. The Morgan fingerprint density at radius 2 is 1.69 bits per heavy atom. The van der Waals surface area contributed by atoms with Crippen LogP contribution < -0.4 is 5.32 Å². The van der Waals surface area contributed by atoms with Gasteiger partial charge in [-0.3, -0.25) is 9.59 Å². The van der Waals surface area contributed by atoms with Crippen LogP contribution in [0.4, 0.5) is 0 Å². The average molecular weight is 353 g/mol. The molecule has 6 heteroatoms. The Bertz CT molecular complexity index is 734. The van der Waals surface area contributed by atoms with E-state index in [-0.39, 0.29) is 24.5 Å². The standard InChI is InChI=1S/C20H24BNO4/c1-2-15-7-6-8-16(13-15)14-19(21(25)26)22-20(24)12-11-18(23)17-9-4-3-5-10-17/h3-10,13,19,25-26H,2,11-12,14H2,1H3,(H,22,24)/t19-/m0/s1. The summed E-state index contributed by atoms with van der Waals surface area (Å²) >= 11 is 0. The van der Waals surface area contributed by atoms with Crippen molar-refractivity contribution in [1.82, 2.24) is 5.32 Å². The lowest BCUT2D eigenvalue weighted by Gasteiger charge is -2.18. The van der Waals surface area contributed by atoms with Crippen LogP contribution in [0.2, 0.25) is 0 Å². The third-order valence-electron chi connectivity index (χ3n) is 4.24. The fraction of sp³-hybridized carbons (Fsp3) is 0.300. The van der Waals surface area contributed by atoms with E-state index in [1.165, 1.54) is 0 Å². The lowest BCUT2D eigenvalue weighted by molar-refractivity contribution is -0.121. The Labute approximate surface area is 154 Å². The fourth-order valence-electron chi connectivity index (χ4n) is 2.74. The third-order valence-corrected chi connectivity index (χ3v) is 4.24. The molecule has 0 aliphatic heterocycles. The zero-order chi connectivity index (χ0) is 18.9. The van der Waals surface area contributed by atoms with Gasteiger partial charge in [-0.2, -0.15) is 0 Å². The van der Waals surface area contributed by atoms with Crippen molar-refractivity contribution in [3.05, 3.63) is 71.3 Å². The summed E-state index contributed by atoms with van der Waals surface area (Å²) in [5, 5.41) is 21.8. The van der Waals surface area contributed by atoms with Gasteiger partial charge in [0.05, 0.1) is 5.94 Å². The fourth-order valence-corrected chi connectivity index (χ4v) is 2.74. The van der Waals surface area contributed by atoms with Gasteiger partial charge in [0.1, 0.15) is 0 Å². The zero-order valence-corrected chi connectivity index (χ0v) is 14.9. The smallest absolute Gasteiger partial charge is 0.426 e. The Balaban J connectivity index is 1.90. The lowest BCUT2D eigenvalue weighted by atomic mass is 9.75. The van der Waals surface area contributed by atoms with Gasteiger partial charge in [-0.1, -0.05) is 61.5 Å². The maximum atomic E-state index is 12.1. The number of ketones is 1. The molecule has 0 aliphatic carbocycles. The Hall–Kier alpha value is -2.44. The molecule has 0 aliphatic rings. The molecule has 0 aromatic heterocycles. The Morgan fingerprint density at radius 1 is 1.00 bits per heavy atom. The number of Topliss-reactive ketones (excluding diaryl/α,β-unsaturated/α-hetero) is 1. The average Bonchev–Trinajstić information content (AvgIpc) is 2.66. The van der Waals surface area contributed by atoms with Crippen molar-refractivity contribution in [3.8, 4) is 0 Å². The highest BCUT2D eigenvalue weighted by Crippen LogP contribution is 2.10. The van der Waals surface area contributed by atoms with Crippen LogP contribution in [0.3, 0.4) is 0 Å². The minimum absolute atomic E-state index is 0.00590. The molecule has 0 bridgehead atoms. The maximum absolute atomic E-state index is 12.1. The van der Waals surface area contributed by atoms with Crippen molar-refractivity contribution < 1.29 is 19.6 Å². The molecule has 1 atom stereocenters. The second-order valence-electron chi connectivity index (χ2n) is 6.25. The van der Waals surface area contributed by atoms with Crippen LogP contribution in [0.1, 0.15) is 41.3 Å². The first-order valence-electron chi connectivity index (χ1n) is 8.81. The molecule has 2 aromatic carbocycles. The van der Waals surface area contributed by atoms with E-state index in [0.29, 0.717) is 12.0 Å². The molecule has 26 heavy (non-hydrogen) atoms. The molecule has 5 nitrogen and oxygen atoms in total. The summed E-state index contributed by atoms with van der Waals surface area (Å²) in [5.41, 5.74) is 2.63. The molecule has 0 fully saturated rings. The van der Waals surface area contributed by atoms with Crippen LogP contribution in [0, 0.1) is 0 Å². The maximum Gasteiger partial charge on any atom is 0.475 e. The van der Waals surface area contributed by atoms with Gasteiger partial charge in [-0.05, 0) is 24.0 Å². The number of rotatable bonds is 9. The molecule has 0 spiro atoms. The van der Waals surface area contributed by atoms with Crippen LogP contribution in [0.15, 0.2) is 54.6 Å². The minimum Gasteiger partial charge on any atom is -0.426 e. The van der Waals surface area contributed by atoms with Crippen LogP contribution in [0.5, 0.6) is 0 Å². The van der Waals surface area contributed by atoms with Crippen molar-refractivity contribution in [2.24, 2.45) is 0 Å². The van der Waals surface area contributed by atoms with E-state index in [1.807, 2.05) is 37.3 Å². The summed E-state index contributed by atoms with van der Waals surface area (Å²) in [6.07, 6.45) is 1.28. The number of carbonyl (C=O) groups is 2. The van der Waals surface area contributed by atoms with Gasteiger partial charge < -0.3 is 15.4 Å². The molecule has 0 saturated carbocycles. The summed E-state index contributed by atoms with van der Waals surface area (Å²) in [4.78, 5) is 24.2. The van der Waals surface area contributed by atoms with E-state index in [1.54, 1.807) is 24.3 Å². The van der Waals surface area contributed by atoms with Crippen LogP contribution in [0.25, 0.3) is 0 Å². The molecular weight excluding hydrogens is 329 g/mol. The molecule has 0 saturated heterocycles. The summed E-state index contributed by atoms with van der Waals surface area (Å²) in [7, 11) is -1.67. The lowest BCUT2D eigenvalue weighted by Crippen LogP contribution is -2.47. The van der Waals surface area contributed by atoms with E-state index in [9.17, 15) is 19.6 Å². The number of aryl methyl sites for hydroxylation is 1. The zero-order valence-electron chi connectivity index (χ0n) is 14.9. The van der Waals surface area contributed by atoms with E-state index in [2.05, 4.69) is 5.32 Å². The van der Waals surface area contributed by atoms with E-state index < -0.39 is 13.1 Å². The molecule has 1 amide bonds. The van der Waals surface area contributed by atoms with Crippen molar-refractivity contribution in [1.29, 1.82) is 0 Å². The highest BCUT2D eigenvalue weighted by atomic mass is 16.4. The summed E-state index contributed by atoms with van der Waals surface area (Å²) < 4.78 is 0. The number of hydrogen-bond donors (Lipinski definition) is 3. The Kier molecular flexibility index (Phi) is 7.57. The van der Waals surface area contributed by atoms with E-state index >= 15 is 0 Å². The van der Waals surface area contributed by atoms with Crippen molar-refractivity contribution in [2.45, 2.75) is 38.5 Å². The van der Waals surface area contributed by atoms with Crippen LogP contribution >= 0.6 is 0 Å². The third kappa shape index (κ3) is 6.13. The van der Waals surface area contributed by atoms with Crippen molar-refractivity contribution in [3.63, 3.8) is 0 Å². The first kappa shape index (κ1) is 19.9. The van der Waals surface area contributed by atoms with E-state index in [0.717, 1.165) is 17.5 Å². The summed E-state index contributed by atoms with van der Waals surface area (Å²) in [5.74, 6) is -1.31. The molecule has 0 heterocycles. The summed E-state index contributed by atoms with van der Waals surface area (Å²) in [6.45, 7) is 2.04. The number of hydrogen-bond acceptors (Lipinski definition) is 4. The highest BCUT2D eigenvalue weighted by molar-refractivity contribution is 6.43. The number of amides is 1. The molecule has 136 valence electrons. The van der Waals surface area contributed by atoms with Gasteiger partial charge in [0.2, 0.25) is 5.91 Å². The molecule has 0 radical (unpaired) electrons. The summed E-state index contributed by atoms with van der Waals surface area (Å²) in [6, 6.07) is 16.6. The second-order valence-corrected chi connectivity index (χ2v) is 6.25. The van der Waals surface area contributed by atoms with E-state index in [4.69, 9.17) is 0 Å². The van der Waals surface area contributed by atoms with Gasteiger partial charge in [0.25, 0.3) is 0 Å². The first-order chi connectivity index (χ1) is 12.5.